The second-order valence-corrected chi connectivity index (χ2v) is 24.3. The van der Waals surface area contributed by atoms with Gasteiger partial charge in [-0.3, -0.25) is 0 Å². The quantitative estimate of drug-likeness (QED) is 0.177. The van der Waals surface area contributed by atoms with Crippen LogP contribution >= 0.6 is 10.0 Å². The number of nitrogens with zero attached hydrogens (tertiary/aromatic N) is 3. The molecule has 4 saturated carbocycles. The van der Waals surface area contributed by atoms with Crippen molar-refractivity contribution in [3.8, 4) is 78.7 Å². The average Bonchev–Trinajstić information content (AvgIpc) is 3.85. The molecule has 15 rings (SSSR count). The summed E-state index contributed by atoms with van der Waals surface area (Å²) in [6.45, 7) is 4.69. The highest BCUT2D eigenvalue weighted by Gasteiger charge is 2.62. The van der Waals surface area contributed by atoms with Gasteiger partial charge in [-0.25, -0.2) is 15.0 Å². The number of hydrogen-bond donors (Lipinski definition) is 0. The van der Waals surface area contributed by atoms with Crippen LogP contribution in [0.15, 0.2) is 161 Å². The Kier molecular flexibility index (Phi) is 7.58. The summed E-state index contributed by atoms with van der Waals surface area (Å²) in [4.78, 5) is 19.1. The summed E-state index contributed by atoms with van der Waals surface area (Å²) in [6, 6.07) is 57.2. The van der Waals surface area contributed by atoms with E-state index in [9.17, 15) is 0 Å². The molecule has 312 valence electrons. The van der Waals surface area contributed by atoms with Crippen LogP contribution < -0.4 is 0 Å². The zero-order chi connectivity index (χ0) is 42.7. The number of benzene rings is 7. The van der Waals surface area contributed by atoms with Gasteiger partial charge >= 0.3 is 0 Å². The van der Waals surface area contributed by atoms with E-state index >= 15 is 0 Å². The Balaban J connectivity index is 0.969. The molecule has 0 radical (unpaired) electrons. The van der Waals surface area contributed by atoms with Crippen molar-refractivity contribution in [2.45, 2.75) is 66.6 Å². The van der Waals surface area contributed by atoms with Crippen molar-refractivity contribution >= 4 is 10.0 Å². The fourth-order valence-corrected chi connectivity index (χ4v) is 17.4. The molecule has 4 bridgehead atoms. The lowest BCUT2D eigenvalue weighted by Crippen LogP contribution is -2.55. The second kappa shape index (κ2) is 13.0. The maximum Gasteiger partial charge on any atom is 0.164 e. The van der Waals surface area contributed by atoms with Crippen LogP contribution in [0.5, 0.6) is 0 Å². The maximum absolute atomic E-state index is 5.44. The monoisotopic (exact) mass is 845 g/mol. The third-order valence-corrected chi connectivity index (χ3v) is 19.9. The molecule has 8 aromatic rings. The molecule has 1 aromatic heterocycles. The SMILES string of the molecule is CC1(C)c2ccccc2-c2ccc(-c3nc(-c4ccccc4)nc(-c4ccc5c(c4)C4(c6c-5cccc6-c5cccc6c5S(C)(C)c5ccccc5-6)C5CC6CC(C5)CC4C6)n3)cc21. The van der Waals surface area contributed by atoms with Gasteiger partial charge in [0, 0.05) is 37.3 Å². The first kappa shape index (κ1) is 37.3. The second-order valence-electron chi connectivity index (χ2n) is 20.8. The molecule has 3 nitrogen and oxygen atoms in total. The van der Waals surface area contributed by atoms with Crippen LogP contribution in [0.4, 0.5) is 0 Å². The van der Waals surface area contributed by atoms with Crippen molar-refractivity contribution in [3.05, 3.63) is 174 Å². The van der Waals surface area contributed by atoms with Crippen LogP contribution in [-0.2, 0) is 10.8 Å². The molecule has 4 heteroatoms. The fraction of sp³-hybridized carbons (Fsp3) is 0.250. The molecule has 7 aromatic carbocycles. The van der Waals surface area contributed by atoms with Gasteiger partial charge < -0.3 is 0 Å². The largest absolute Gasteiger partial charge is 0.208 e. The van der Waals surface area contributed by atoms with Crippen molar-refractivity contribution in [1.82, 2.24) is 15.0 Å². The molecule has 0 atom stereocenters. The van der Waals surface area contributed by atoms with Crippen molar-refractivity contribution in [3.63, 3.8) is 0 Å². The minimum atomic E-state index is -1.23. The Labute approximate surface area is 378 Å². The zero-order valence-electron chi connectivity index (χ0n) is 37.0. The van der Waals surface area contributed by atoms with Gasteiger partial charge in [0.15, 0.2) is 17.5 Å². The third-order valence-electron chi connectivity index (χ3n) is 17.0. The first-order chi connectivity index (χ1) is 31.2. The van der Waals surface area contributed by atoms with Crippen molar-refractivity contribution in [2.75, 3.05) is 12.5 Å². The van der Waals surface area contributed by atoms with E-state index in [1.165, 1.54) is 98.2 Å². The van der Waals surface area contributed by atoms with Crippen LogP contribution in [0.1, 0.15) is 68.2 Å². The van der Waals surface area contributed by atoms with Crippen LogP contribution in [0, 0.1) is 23.7 Å². The van der Waals surface area contributed by atoms with Crippen molar-refractivity contribution in [2.24, 2.45) is 23.7 Å². The molecule has 0 unspecified atom stereocenters. The standard InChI is InChI=1S/C60H51N3S/c1-59(2)50-22-10-8-16-42(50)43-26-24-38(33-51(43)59)57-61-56(37-14-6-5-7-15-37)62-58(63-57)39-25-27-44-46-18-12-19-47(49-21-13-20-48-45-17-9-11-23-53(45)64(3,4)55(48)49)54(46)60(52(44)34-39)40-29-35-28-36(31-40)32-41(60)30-35/h5-27,33-36,40-41H,28-32H2,1-4H3. The number of fused-ring (bicyclic) bond motifs is 9. The molecule has 2 heterocycles. The van der Waals surface area contributed by atoms with Gasteiger partial charge in [-0.1, -0.05) is 147 Å². The number of hydrogen-bond acceptors (Lipinski definition) is 3. The first-order valence-corrected chi connectivity index (χ1v) is 26.0. The van der Waals surface area contributed by atoms with Crippen LogP contribution in [0.25, 0.3) is 78.7 Å². The zero-order valence-corrected chi connectivity index (χ0v) is 37.8. The molecular formula is C60H51N3S. The molecule has 0 amide bonds. The highest BCUT2D eigenvalue weighted by atomic mass is 32.3. The molecule has 0 N–H and O–H groups in total. The van der Waals surface area contributed by atoms with Crippen LogP contribution in [-0.4, -0.2) is 27.5 Å². The van der Waals surface area contributed by atoms with E-state index < -0.39 is 10.0 Å². The molecule has 1 aliphatic heterocycles. The average molecular weight is 846 g/mol. The topological polar surface area (TPSA) is 38.7 Å². The molecule has 4 fully saturated rings. The van der Waals surface area contributed by atoms with E-state index in [0.717, 1.165) is 40.2 Å². The summed E-state index contributed by atoms with van der Waals surface area (Å²) >= 11 is 0. The molecule has 7 aliphatic rings. The Morgan fingerprint density at radius 3 is 1.58 bits per heavy atom. The van der Waals surface area contributed by atoms with E-state index in [0.29, 0.717) is 17.7 Å². The van der Waals surface area contributed by atoms with Gasteiger partial charge in [0.2, 0.25) is 0 Å². The van der Waals surface area contributed by atoms with Gasteiger partial charge in [0.1, 0.15) is 0 Å². The maximum atomic E-state index is 5.44. The van der Waals surface area contributed by atoms with Gasteiger partial charge in [0.25, 0.3) is 0 Å². The summed E-state index contributed by atoms with van der Waals surface area (Å²) in [5.74, 6) is 5.10. The summed E-state index contributed by atoms with van der Waals surface area (Å²) in [5, 5.41) is 0. The van der Waals surface area contributed by atoms with E-state index in [1.54, 1.807) is 10.5 Å². The van der Waals surface area contributed by atoms with E-state index in [-0.39, 0.29) is 10.8 Å². The Morgan fingerprint density at radius 2 is 0.906 bits per heavy atom. The summed E-state index contributed by atoms with van der Waals surface area (Å²) in [6.07, 6.45) is 11.8. The van der Waals surface area contributed by atoms with Gasteiger partial charge in [-0.05, 0) is 153 Å². The molecular weight excluding hydrogens is 795 g/mol. The lowest BCUT2D eigenvalue weighted by atomic mass is 9.42. The van der Waals surface area contributed by atoms with E-state index in [4.69, 9.17) is 15.0 Å². The van der Waals surface area contributed by atoms with Gasteiger partial charge in [0.05, 0.1) is 0 Å². The Hall–Kier alpha value is -6.10. The lowest BCUT2D eigenvalue weighted by molar-refractivity contribution is -0.0397. The lowest BCUT2D eigenvalue weighted by Gasteiger charge is -2.61. The Bertz CT molecular complexity index is 3280. The predicted molar refractivity (Wildman–Crippen MR) is 264 cm³/mol. The molecule has 64 heavy (non-hydrogen) atoms. The predicted octanol–water partition coefficient (Wildman–Crippen LogP) is 15.0. The number of rotatable bonds is 4. The molecule has 1 spiro atoms. The number of aromatic nitrogens is 3. The van der Waals surface area contributed by atoms with Crippen molar-refractivity contribution in [1.29, 1.82) is 0 Å². The van der Waals surface area contributed by atoms with Crippen molar-refractivity contribution < 1.29 is 0 Å². The van der Waals surface area contributed by atoms with E-state index in [1.807, 2.05) is 0 Å². The van der Waals surface area contributed by atoms with Crippen LogP contribution in [0.3, 0.4) is 0 Å². The van der Waals surface area contributed by atoms with E-state index in [2.05, 4.69) is 178 Å². The fourth-order valence-electron chi connectivity index (χ4n) is 14.6. The minimum Gasteiger partial charge on any atom is -0.208 e. The third kappa shape index (κ3) is 4.88. The summed E-state index contributed by atoms with van der Waals surface area (Å²) < 4.78 is 0. The summed E-state index contributed by atoms with van der Waals surface area (Å²) in [7, 11) is -1.23. The molecule has 6 aliphatic carbocycles. The smallest absolute Gasteiger partial charge is 0.164 e. The highest BCUT2D eigenvalue weighted by Crippen LogP contribution is 2.73. The highest BCUT2D eigenvalue weighted by molar-refractivity contribution is 8.33. The van der Waals surface area contributed by atoms with Gasteiger partial charge in [-0.2, -0.15) is 10.0 Å². The summed E-state index contributed by atoms with van der Waals surface area (Å²) in [5.41, 5.74) is 20.0. The normalized spacial score (nSPS) is 24.4. The molecule has 0 saturated heterocycles. The Morgan fingerprint density at radius 1 is 0.422 bits per heavy atom. The van der Waals surface area contributed by atoms with Gasteiger partial charge in [-0.15, -0.1) is 0 Å². The van der Waals surface area contributed by atoms with Crippen LogP contribution in [0.2, 0.25) is 0 Å². The minimum absolute atomic E-state index is 0.0585. The first-order valence-electron chi connectivity index (χ1n) is 23.5.